The van der Waals surface area contributed by atoms with Crippen molar-refractivity contribution in [3.05, 3.63) is 12.7 Å². The molecule has 3 nitrogen and oxygen atoms in total. The van der Waals surface area contributed by atoms with Crippen molar-refractivity contribution in [2.75, 3.05) is 26.2 Å². The van der Waals surface area contributed by atoms with Crippen LogP contribution in [-0.2, 0) is 4.79 Å². The van der Waals surface area contributed by atoms with Crippen molar-refractivity contribution in [1.29, 1.82) is 0 Å². The monoisotopic (exact) mass is 210 g/mol. The Bertz CT molecular complexity index is 228. The molecular weight excluding hydrogens is 188 g/mol. The topological polar surface area (TPSA) is 32.3 Å². The molecule has 15 heavy (non-hydrogen) atoms. The fourth-order valence-electron chi connectivity index (χ4n) is 1.88. The predicted molar refractivity (Wildman–Crippen MR) is 62.6 cm³/mol. The third kappa shape index (κ3) is 3.67. The molecule has 1 fully saturated rings. The van der Waals surface area contributed by atoms with Crippen LogP contribution < -0.4 is 5.32 Å². The van der Waals surface area contributed by atoms with E-state index in [2.05, 4.69) is 25.7 Å². The van der Waals surface area contributed by atoms with E-state index >= 15 is 0 Å². The van der Waals surface area contributed by atoms with Crippen LogP contribution in [0.1, 0.15) is 20.3 Å². The Morgan fingerprint density at radius 1 is 1.53 bits per heavy atom. The minimum absolute atomic E-state index is 0.218. The van der Waals surface area contributed by atoms with Crippen molar-refractivity contribution >= 4 is 5.91 Å². The second-order valence-corrected chi connectivity index (χ2v) is 4.50. The Morgan fingerprint density at radius 3 is 2.87 bits per heavy atom. The van der Waals surface area contributed by atoms with E-state index in [0.29, 0.717) is 19.0 Å². The van der Waals surface area contributed by atoms with E-state index in [1.165, 1.54) is 0 Å². The van der Waals surface area contributed by atoms with Crippen LogP contribution in [0.4, 0.5) is 0 Å². The number of hydrogen-bond acceptors (Lipinski definition) is 2. The average Bonchev–Trinajstić information content (AvgIpc) is 2.22. The van der Waals surface area contributed by atoms with E-state index in [9.17, 15) is 4.79 Å². The summed E-state index contributed by atoms with van der Waals surface area (Å²) in [6.45, 7) is 11.1. The maximum Gasteiger partial charge on any atom is 0.236 e. The summed E-state index contributed by atoms with van der Waals surface area (Å²) in [5, 5.41) is 3.05. The van der Waals surface area contributed by atoms with Crippen molar-refractivity contribution in [1.82, 2.24) is 10.2 Å². The molecule has 3 heteroatoms. The fourth-order valence-corrected chi connectivity index (χ4v) is 1.88. The van der Waals surface area contributed by atoms with Crippen LogP contribution in [0, 0.1) is 11.8 Å². The summed E-state index contributed by atoms with van der Waals surface area (Å²) >= 11 is 0. The van der Waals surface area contributed by atoms with E-state index in [-0.39, 0.29) is 5.91 Å². The number of carbonyl (C=O) groups is 1. The second kappa shape index (κ2) is 5.91. The zero-order valence-electron chi connectivity index (χ0n) is 9.83. The molecule has 1 rings (SSSR count). The lowest BCUT2D eigenvalue weighted by Crippen LogP contribution is -2.45. The molecule has 1 aliphatic rings. The first-order valence-corrected chi connectivity index (χ1v) is 5.74. The fraction of sp³-hybridized carbons (Fsp3) is 0.750. The van der Waals surface area contributed by atoms with Gasteiger partial charge in [-0.15, -0.1) is 6.58 Å². The van der Waals surface area contributed by atoms with Gasteiger partial charge in [0.05, 0.1) is 6.54 Å². The van der Waals surface area contributed by atoms with Gasteiger partial charge >= 0.3 is 0 Å². The molecule has 1 aliphatic heterocycles. The highest BCUT2D eigenvalue weighted by Gasteiger charge is 2.25. The summed E-state index contributed by atoms with van der Waals surface area (Å²) in [6, 6.07) is 0. The second-order valence-electron chi connectivity index (χ2n) is 4.50. The van der Waals surface area contributed by atoms with Gasteiger partial charge in [-0.25, -0.2) is 0 Å². The van der Waals surface area contributed by atoms with E-state index < -0.39 is 0 Å². The smallest absolute Gasteiger partial charge is 0.236 e. The quantitative estimate of drug-likeness (QED) is 0.560. The molecule has 1 saturated heterocycles. The average molecular weight is 210 g/mol. The number of nitrogens with one attached hydrogen (secondary N) is 1. The molecule has 1 amide bonds. The highest BCUT2D eigenvalue weighted by molar-refractivity contribution is 5.78. The molecule has 2 atom stereocenters. The van der Waals surface area contributed by atoms with Crippen LogP contribution in [-0.4, -0.2) is 37.0 Å². The van der Waals surface area contributed by atoms with Crippen molar-refractivity contribution in [3.63, 3.8) is 0 Å². The molecule has 0 aliphatic carbocycles. The molecule has 0 aromatic heterocycles. The van der Waals surface area contributed by atoms with Gasteiger partial charge in [0.2, 0.25) is 5.91 Å². The third-order valence-corrected chi connectivity index (χ3v) is 3.25. The number of hydrogen-bond donors (Lipinski definition) is 1. The van der Waals surface area contributed by atoms with Gasteiger partial charge in [0.25, 0.3) is 0 Å². The number of likely N-dealkylation sites (tertiary alicyclic amines) is 1. The van der Waals surface area contributed by atoms with Gasteiger partial charge in [0.15, 0.2) is 0 Å². The van der Waals surface area contributed by atoms with Crippen LogP contribution in [0.5, 0.6) is 0 Å². The minimum atomic E-state index is 0.218. The van der Waals surface area contributed by atoms with E-state index in [1.54, 1.807) is 6.08 Å². The van der Waals surface area contributed by atoms with E-state index in [0.717, 1.165) is 25.4 Å². The van der Waals surface area contributed by atoms with Gasteiger partial charge < -0.3 is 10.2 Å². The Hall–Kier alpha value is -0.830. The SMILES string of the molecule is C=CCNCC(=O)N1CCC(C)C(C)C1. The number of rotatable bonds is 4. The Balaban J connectivity index is 2.30. The summed E-state index contributed by atoms with van der Waals surface area (Å²) < 4.78 is 0. The first-order valence-electron chi connectivity index (χ1n) is 5.74. The van der Waals surface area contributed by atoms with Crippen molar-refractivity contribution in [2.24, 2.45) is 11.8 Å². The summed E-state index contributed by atoms with van der Waals surface area (Å²) in [7, 11) is 0. The molecule has 1 heterocycles. The van der Waals surface area contributed by atoms with Gasteiger partial charge in [0.1, 0.15) is 0 Å². The van der Waals surface area contributed by atoms with Crippen LogP contribution in [0.15, 0.2) is 12.7 Å². The van der Waals surface area contributed by atoms with E-state index in [1.807, 2.05) is 4.90 Å². The molecule has 0 spiro atoms. The normalized spacial score (nSPS) is 26.4. The van der Waals surface area contributed by atoms with Gasteiger partial charge in [-0.1, -0.05) is 19.9 Å². The summed E-state index contributed by atoms with van der Waals surface area (Å²) in [5.41, 5.74) is 0. The molecule has 2 unspecified atom stereocenters. The van der Waals surface area contributed by atoms with Gasteiger partial charge in [-0.2, -0.15) is 0 Å². The molecule has 0 aromatic rings. The molecule has 1 N–H and O–H groups in total. The molecule has 0 aromatic carbocycles. The number of carbonyl (C=O) groups excluding carboxylic acids is 1. The van der Waals surface area contributed by atoms with Crippen molar-refractivity contribution in [3.8, 4) is 0 Å². The Morgan fingerprint density at radius 2 is 2.27 bits per heavy atom. The highest BCUT2D eigenvalue weighted by atomic mass is 16.2. The lowest BCUT2D eigenvalue weighted by molar-refractivity contribution is -0.132. The van der Waals surface area contributed by atoms with Gasteiger partial charge in [-0.05, 0) is 18.3 Å². The van der Waals surface area contributed by atoms with Crippen LogP contribution in [0.25, 0.3) is 0 Å². The molecule has 86 valence electrons. The number of amides is 1. The Labute approximate surface area is 92.5 Å². The zero-order valence-corrected chi connectivity index (χ0v) is 9.83. The van der Waals surface area contributed by atoms with Gasteiger partial charge in [0, 0.05) is 19.6 Å². The van der Waals surface area contributed by atoms with Crippen molar-refractivity contribution in [2.45, 2.75) is 20.3 Å². The third-order valence-electron chi connectivity index (χ3n) is 3.25. The summed E-state index contributed by atoms with van der Waals surface area (Å²) in [6.07, 6.45) is 2.91. The molecule has 0 saturated carbocycles. The maximum absolute atomic E-state index is 11.8. The largest absolute Gasteiger partial charge is 0.341 e. The van der Waals surface area contributed by atoms with Crippen LogP contribution in [0.3, 0.4) is 0 Å². The summed E-state index contributed by atoms with van der Waals surface area (Å²) in [5.74, 6) is 1.59. The molecule has 0 bridgehead atoms. The Kier molecular flexibility index (Phi) is 4.82. The summed E-state index contributed by atoms with van der Waals surface area (Å²) in [4.78, 5) is 13.7. The number of piperidine rings is 1. The standard InChI is InChI=1S/C12H22N2O/c1-4-6-13-8-12(15)14-7-5-10(2)11(3)9-14/h4,10-11,13H,1,5-9H2,2-3H3. The van der Waals surface area contributed by atoms with Gasteiger partial charge in [-0.3, -0.25) is 4.79 Å². The highest BCUT2D eigenvalue weighted by Crippen LogP contribution is 2.22. The first kappa shape index (κ1) is 12.2. The zero-order chi connectivity index (χ0) is 11.3. The lowest BCUT2D eigenvalue weighted by atomic mass is 9.89. The maximum atomic E-state index is 11.8. The molecule has 0 radical (unpaired) electrons. The van der Waals surface area contributed by atoms with Crippen LogP contribution in [0.2, 0.25) is 0 Å². The van der Waals surface area contributed by atoms with Crippen LogP contribution >= 0.6 is 0 Å². The van der Waals surface area contributed by atoms with E-state index in [4.69, 9.17) is 0 Å². The predicted octanol–water partition coefficient (Wildman–Crippen LogP) is 1.27. The lowest BCUT2D eigenvalue weighted by Gasteiger charge is -2.35. The first-order chi connectivity index (χ1) is 7.15. The number of nitrogens with zero attached hydrogens (tertiary/aromatic N) is 1. The molecular formula is C12H22N2O. The van der Waals surface area contributed by atoms with Crippen molar-refractivity contribution < 1.29 is 4.79 Å². The minimum Gasteiger partial charge on any atom is -0.341 e.